The molecule has 0 aliphatic heterocycles. The van der Waals surface area contributed by atoms with E-state index in [0.717, 1.165) is 45.3 Å². The number of hydrogen-bond acceptors (Lipinski definition) is 2. The molecule has 0 unspecified atom stereocenters. The van der Waals surface area contributed by atoms with Crippen LogP contribution in [0.25, 0.3) is 54.6 Å². The number of aryl methyl sites for hydroxylation is 1. The van der Waals surface area contributed by atoms with Crippen LogP contribution in [-0.4, -0.2) is 0 Å². The Morgan fingerprint density at radius 1 is 0.353 bits per heavy atom. The van der Waals surface area contributed by atoms with Crippen LogP contribution >= 0.6 is 0 Å². The first-order valence-corrected chi connectivity index (χ1v) is 17.4. The number of nitrogens with zero attached hydrogens (tertiary/aromatic N) is 1. The van der Waals surface area contributed by atoms with Gasteiger partial charge in [0.2, 0.25) is 0 Å². The maximum atomic E-state index is 6.78. The van der Waals surface area contributed by atoms with Crippen molar-refractivity contribution in [3.63, 3.8) is 0 Å². The molecule has 0 aliphatic rings. The van der Waals surface area contributed by atoms with Gasteiger partial charge in [-0.1, -0.05) is 152 Å². The lowest BCUT2D eigenvalue weighted by Gasteiger charge is -2.29. The minimum atomic E-state index is 0.802. The molecule has 0 N–H and O–H groups in total. The fourth-order valence-corrected chi connectivity index (χ4v) is 7.37. The summed E-state index contributed by atoms with van der Waals surface area (Å²) in [6.45, 7) is 2.09. The normalized spacial score (nSPS) is 11.2. The van der Waals surface area contributed by atoms with Crippen molar-refractivity contribution in [3.8, 4) is 33.8 Å². The van der Waals surface area contributed by atoms with Crippen LogP contribution in [0.3, 0.4) is 0 Å². The summed E-state index contributed by atoms with van der Waals surface area (Å²) in [5, 5.41) is 7.50. The number of hydrogen-bond donors (Lipinski definition) is 0. The van der Waals surface area contributed by atoms with E-state index in [1.54, 1.807) is 0 Å². The van der Waals surface area contributed by atoms with Crippen molar-refractivity contribution in [3.05, 3.63) is 200 Å². The first-order chi connectivity index (χ1) is 25.2. The highest BCUT2D eigenvalue weighted by Gasteiger charge is 2.22. The molecule has 51 heavy (non-hydrogen) atoms. The SMILES string of the molecule is Cc1ccccc1Oc1cccc(N(c2ccc(-c3ccccc3)cc2)c2ccc3c4ccccc4c4ccccc4c3c2)c1-c1ccccc1. The lowest BCUT2D eigenvalue weighted by atomic mass is 9.93. The fourth-order valence-electron chi connectivity index (χ4n) is 7.37. The van der Waals surface area contributed by atoms with E-state index < -0.39 is 0 Å². The summed E-state index contributed by atoms with van der Waals surface area (Å²) in [5.74, 6) is 1.64. The van der Waals surface area contributed by atoms with Crippen molar-refractivity contribution in [2.24, 2.45) is 0 Å². The molecule has 9 aromatic rings. The third-order valence-corrected chi connectivity index (χ3v) is 9.84. The van der Waals surface area contributed by atoms with Crippen LogP contribution in [0.4, 0.5) is 17.1 Å². The van der Waals surface area contributed by atoms with Gasteiger partial charge in [-0.15, -0.1) is 0 Å². The number of benzene rings is 9. The summed E-state index contributed by atoms with van der Waals surface area (Å²) < 4.78 is 6.78. The molecule has 0 amide bonds. The number of fused-ring (bicyclic) bond motifs is 6. The lowest BCUT2D eigenvalue weighted by molar-refractivity contribution is 0.481. The molecule has 0 spiro atoms. The number of ether oxygens (including phenoxy) is 1. The molecule has 9 rings (SSSR count). The first kappa shape index (κ1) is 30.4. The Labute approximate surface area is 298 Å². The van der Waals surface area contributed by atoms with Gasteiger partial charge >= 0.3 is 0 Å². The van der Waals surface area contributed by atoms with Crippen LogP contribution in [0.2, 0.25) is 0 Å². The zero-order chi connectivity index (χ0) is 34.1. The second-order valence-electron chi connectivity index (χ2n) is 13.0. The van der Waals surface area contributed by atoms with E-state index in [1.165, 1.54) is 43.4 Å². The van der Waals surface area contributed by atoms with E-state index in [1.807, 2.05) is 18.2 Å². The van der Waals surface area contributed by atoms with Crippen molar-refractivity contribution in [2.45, 2.75) is 6.92 Å². The highest BCUT2D eigenvalue weighted by Crippen LogP contribution is 2.48. The van der Waals surface area contributed by atoms with Gasteiger partial charge in [0, 0.05) is 16.9 Å². The predicted molar refractivity (Wildman–Crippen MR) is 216 cm³/mol. The average molecular weight is 654 g/mol. The number of anilines is 3. The Hall–Kier alpha value is -6.64. The van der Waals surface area contributed by atoms with E-state index in [-0.39, 0.29) is 0 Å². The summed E-state index contributed by atoms with van der Waals surface area (Å²) in [6, 6.07) is 69.0. The van der Waals surface area contributed by atoms with E-state index in [4.69, 9.17) is 4.74 Å². The Morgan fingerprint density at radius 3 is 1.49 bits per heavy atom. The second kappa shape index (κ2) is 13.0. The number of rotatable bonds is 7. The summed E-state index contributed by atoms with van der Waals surface area (Å²) >= 11 is 0. The Balaban J connectivity index is 1.31. The summed E-state index contributed by atoms with van der Waals surface area (Å²) in [7, 11) is 0. The molecule has 0 aromatic heterocycles. The van der Waals surface area contributed by atoms with E-state index >= 15 is 0 Å². The van der Waals surface area contributed by atoms with E-state index in [2.05, 4.69) is 188 Å². The average Bonchev–Trinajstić information content (AvgIpc) is 3.20. The fraction of sp³-hybridized carbons (Fsp3) is 0.0204. The molecule has 0 saturated heterocycles. The standard InChI is InChI=1S/C49H35NO/c1-34-15-8-13-25-47(34)51-48-26-14-24-46(49(48)37-18-6-3-7-19-37)50(38-29-27-36(28-30-38)35-16-4-2-5-17-35)39-31-32-44-42-22-10-9-20-40(42)41-21-11-12-23-43(41)45(44)33-39/h2-33H,1H3. The van der Waals surface area contributed by atoms with Crippen molar-refractivity contribution >= 4 is 49.4 Å². The van der Waals surface area contributed by atoms with Crippen molar-refractivity contribution < 1.29 is 4.74 Å². The van der Waals surface area contributed by atoms with Gasteiger partial charge in [0.25, 0.3) is 0 Å². The van der Waals surface area contributed by atoms with Gasteiger partial charge in [-0.05, 0) is 104 Å². The molecule has 0 radical (unpaired) electrons. The van der Waals surface area contributed by atoms with E-state index in [0.29, 0.717) is 0 Å². The molecule has 0 fully saturated rings. The van der Waals surface area contributed by atoms with E-state index in [9.17, 15) is 0 Å². The zero-order valence-corrected chi connectivity index (χ0v) is 28.3. The van der Waals surface area contributed by atoms with Crippen molar-refractivity contribution in [1.82, 2.24) is 0 Å². The van der Waals surface area contributed by atoms with Gasteiger partial charge in [0.05, 0.1) is 5.69 Å². The van der Waals surface area contributed by atoms with Crippen LogP contribution in [0.15, 0.2) is 194 Å². The molecule has 0 saturated carbocycles. The minimum absolute atomic E-state index is 0.802. The smallest absolute Gasteiger partial charge is 0.137 e. The molecule has 2 nitrogen and oxygen atoms in total. The van der Waals surface area contributed by atoms with Crippen LogP contribution in [0.5, 0.6) is 11.5 Å². The predicted octanol–water partition coefficient (Wildman–Crippen LogP) is 14.1. The molecule has 0 bridgehead atoms. The molecular weight excluding hydrogens is 619 g/mol. The minimum Gasteiger partial charge on any atom is -0.456 e. The monoisotopic (exact) mass is 653 g/mol. The van der Waals surface area contributed by atoms with Gasteiger partial charge in [-0.3, -0.25) is 0 Å². The van der Waals surface area contributed by atoms with Gasteiger partial charge in [0.15, 0.2) is 0 Å². The molecule has 9 aromatic carbocycles. The van der Waals surface area contributed by atoms with Gasteiger partial charge < -0.3 is 9.64 Å². The Kier molecular flexibility index (Phi) is 7.75. The van der Waals surface area contributed by atoms with Crippen LogP contribution in [0.1, 0.15) is 5.56 Å². The Bertz CT molecular complexity index is 2630. The van der Waals surface area contributed by atoms with Crippen molar-refractivity contribution in [2.75, 3.05) is 4.90 Å². The van der Waals surface area contributed by atoms with Crippen molar-refractivity contribution in [1.29, 1.82) is 0 Å². The zero-order valence-electron chi connectivity index (χ0n) is 28.3. The molecule has 0 heterocycles. The van der Waals surface area contributed by atoms with Gasteiger partial charge in [-0.25, -0.2) is 0 Å². The lowest BCUT2D eigenvalue weighted by Crippen LogP contribution is -2.12. The third-order valence-electron chi connectivity index (χ3n) is 9.84. The maximum Gasteiger partial charge on any atom is 0.137 e. The second-order valence-corrected chi connectivity index (χ2v) is 13.0. The van der Waals surface area contributed by atoms with Crippen LogP contribution in [-0.2, 0) is 0 Å². The highest BCUT2D eigenvalue weighted by atomic mass is 16.5. The summed E-state index contributed by atoms with van der Waals surface area (Å²) in [5.41, 5.74) is 8.73. The summed E-state index contributed by atoms with van der Waals surface area (Å²) in [6.07, 6.45) is 0. The Morgan fingerprint density at radius 2 is 0.843 bits per heavy atom. The van der Waals surface area contributed by atoms with Gasteiger partial charge in [0.1, 0.15) is 11.5 Å². The number of para-hydroxylation sites is 1. The summed E-state index contributed by atoms with van der Waals surface area (Å²) in [4.78, 5) is 2.38. The molecule has 2 heteroatoms. The van der Waals surface area contributed by atoms with Crippen LogP contribution in [0, 0.1) is 6.92 Å². The maximum absolute atomic E-state index is 6.78. The molecular formula is C49H35NO. The molecule has 0 aliphatic carbocycles. The highest BCUT2D eigenvalue weighted by molar-refractivity contribution is 6.25. The quantitative estimate of drug-likeness (QED) is 0.159. The third kappa shape index (κ3) is 5.57. The molecule has 242 valence electrons. The largest absolute Gasteiger partial charge is 0.456 e. The molecule has 0 atom stereocenters. The van der Waals surface area contributed by atoms with Gasteiger partial charge in [-0.2, -0.15) is 0 Å². The topological polar surface area (TPSA) is 12.5 Å². The van der Waals surface area contributed by atoms with Crippen LogP contribution < -0.4 is 9.64 Å². The first-order valence-electron chi connectivity index (χ1n) is 17.4.